The second-order valence-corrected chi connectivity index (χ2v) is 6.17. The van der Waals surface area contributed by atoms with Crippen LogP contribution in [0.25, 0.3) is 0 Å². The molecular formula is C15H27N5. The van der Waals surface area contributed by atoms with Gasteiger partial charge >= 0.3 is 0 Å². The first-order valence-corrected chi connectivity index (χ1v) is 7.44. The van der Waals surface area contributed by atoms with Crippen molar-refractivity contribution in [3.8, 4) is 0 Å². The van der Waals surface area contributed by atoms with Crippen LogP contribution in [-0.2, 0) is 6.54 Å². The number of rotatable bonds is 5. The summed E-state index contributed by atoms with van der Waals surface area (Å²) in [6.07, 6.45) is 3.15. The highest BCUT2D eigenvalue weighted by molar-refractivity contribution is 5.34. The van der Waals surface area contributed by atoms with E-state index in [-0.39, 0.29) is 0 Å². The predicted molar refractivity (Wildman–Crippen MR) is 83.0 cm³/mol. The maximum atomic E-state index is 4.68. The topological polar surface area (TPSA) is 44.3 Å². The van der Waals surface area contributed by atoms with E-state index in [4.69, 9.17) is 0 Å². The quantitative estimate of drug-likeness (QED) is 0.882. The van der Waals surface area contributed by atoms with E-state index in [2.05, 4.69) is 60.0 Å². The minimum atomic E-state index is 0.480. The Morgan fingerprint density at radius 1 is 1.45 bits per heavy atom. The fraction of sp³-hybridized carbons (Fsp3) is 0.733. The Kier molecular flexibility index (Phi) is 4.94. The first-order chi connectivity index (χ1) is 9.47. The fourth-order valence-electron chi connectivity index (χ4n) is 2.46. The van der Waals surface area contributed by atoms with Gasteiger partial charge in [-0.2, -0.15) is 0 Å². The van der Waals surface area contributed by atoms with Crippen molar-refractivity contribution in [2.24, 2.45) is 0 Å². The molecule has 1 N–H and O–H groups in total. The highest BCUT2D eigenvalue weighted by atomic mass is 15.3. The van der Waals surface area contributed by atoms with E-state index in [9.17, 15) is 0 Å². The molecule has 5 nitrogen and oxygen atoms in total. The third kappa shape index (κ3) is 3.67. The zero-order chi connectivity index (χ0) is 14.7. The van der Waals surface area contributed by atoms with E-state index in [0.717, 1.165) is 31.3 Å². The van der Waals surface area contributed by atoms with Gasteiger partial charge in [-0.3, -0.25) is 0 Å². The number of aromatic nitrogens is 2. The molecule has 0 aliphatic carbocycles. The minimum absolute atomic E-state index is 0.480. The average molecular weight is 277 g/mol. The molecule has 0 amide bonds. The summed E-state index contributed by atoms with van der Waals surface area (Å²) in [5.74, 6) is 0.875. The predicted octanol–water partition coefficient (Wildman–Crippen LogP) is 1.42. The lowest BCUT2D eigenvalue weighted by Gasteiger charge is -2.21. The smallest absolute Gasteiger partial charge is 0.225 e. The molecule has 0 aromatic carbocycles. The molecule has 0 bridgehead atoms. The Bertz CT molecular complexity index is 444. The summed E-state index contributed by atoms with van der Waals surface area (Å²) in [4.78, 5) is 13.8. The van der Waals surface area contributed by atoms with Crippen molar-refractivity contribution in [1.82, 2.24) is 20.2 Å². The molecule has 1 unspecified atom stereocenters. The molecule has 1 aliphatic rings. The lowest BCUT2D eigenvalue weighted by atomic mass is 10.2. The number of nitrogens with one attached hydrogen (secondary N) is 1. The number of anilines is 1. The molecular weight excluding hydrogens is 250 g/mol. The largest absolute Gasteiger partial charge is 0.339 e. The van der Waals surface area contributed by atoms with Crippen LogP contribution in [0, 0.1) is 6.92 Å². The van der Waals surface area contributed by atoms with Gasteiger partial charge in [0, 0.05) is 49.2 Å². The standard InChI is InChI=1S/C15H27N5/c1-11(2)16-8-13-9-17-15(18-12(13)3)20-7-6-14(10-20)19(4)5/h9,11,14,16H,6-8,10H2,1-5H3. The van der Waals surface area contributed by atoms with Gasteiger partial charge in [0.05, 0.1) is 0 Å². The highest BCUT2D eigenvalue weighted by Gasteiger charge is 2.25. The lowest BCUT2D eigenvalue weighted by molar-refractivity contribution is 0.315. The van der Waals surface area contributed by atoms with Crippen LogP contribution >= 0.6 is 0 Å². The number of hydrogen-bond donors (Lipinski definition) is 1. The molecule has 1 atom stereocenters. The number of likely N-dealkylation sites (N-methyl/N-ethyl adjacent to an activating group) is 1. The van der Waals surface area contributed by atoms with E-state index < -0.39 is 0 Å². The Labute approximate surface area is 122 Å². The van der Waals surface area contributed by atoms with Gasteiger partial charge in [-0.15, -0.1) is 0 Å². The molecule has 20 heavy (non-hydrogen) atoms. The van der Waals surface area contributed by atoms with Crippen LogP contribution in [-0.4, -0.2) is 54.1 Å². The van der Waals surface area contributed by atoms with Crippen molar-refractivity contribution in [1.29, 1.82) is 0 Å². The zero-order valence-electron chi connectivity index (χ0n) is 13.3. The summed E-state index contributed by atoms with van der Waals surface area (Å²) in [5.41, 5.74) is 2.27. The number of aryl methyl sites for hydroxylation is 1. The molecule has 1 aliphatic heterocycles. The van der Waals surface area contributed by atoms with Gasteiger partial charge in [-0.25, -0.2) is 9.97 Å². The second kappa shape index (κ2) is 6.50. The molecule has 2 heterocycles. The third-order valence-corrected chi connectivity index (χ3v) is 3.95. The van der Waals surface area contributed by atoms with Crippen molar-refractivity contribution in [3.05, 3.63) is 17.5 Å². The van der Waals surface area contributed by atoms with Gasteiger partial charge in [0.15, 0.2) is 0 Å². The van der Waals surface area contributed by atoms with Crippen molar-refractivity contribution in [2.45, 2.75) is 45.8 Å². The maximum Gasteiger partial charge on any atom is 0.225 e. The molecule has 112 valence electrons. The third-order valence-electron chi connectivity index (χ3n) is 3.95. The molecule has 2 rings (SSSR count). The Morgan fingerprint density at radius 2 is 2.20 bits per heavy atom. The zero-order valence-corrected chi connectivity index (χ0v) is 13.3. The van der Waals surface area contributed by atoms with Gasteiger partial charge in [0.2, 0.25) is 5.95 Å². The van der Waals surface area contributed by atoms with Gasteiger partial charge in [-0.05, 0) is 27.4 Å². The number of hydrogen-bond acceptors (Lipinski definition) is 5. The van der Waals surface area contributed by atoms with Crippen LogP contribution in [0.15, 0.2) is 6.20 Å². The van der Waals surface area contributed by atoms with Crippen LogP contribution in [0.3, 0.4) is 0 Å². The second-order valence-electron chi connectivity index (χ2n) is 6.17. The Hall–Kier alpha value is -1.20. The molecule has 0 spiro atoms. The van der Waals surface area contributed by atoms with Crippen molar-refractivity contribution < 1.29 is 0 Å². The molecule has 5 heteroatoms. The fourth-order valence-corrected chi connectivity index (χ4v) is 2.46. The normalized spacial score (nSPS) is 19.4. The van der Waals surface area contributed by atoms with Crippen molar-refractivity contribution in [3.63, 3.8) is 0 Å². The van der Waals surface area contributed by atoms with E-state index in [1.807, 2.05) is 6.20 Å². The van der Waals surface area contributed by atoms with Crippen molar-refractivity contribution in [2.75, 3.05) is 32.1 Å². The number of nitrogens with zero attached hydrogens (tertiary/aromatic N) is 4. The SMILES string of the molecule is Cc1nc(N2CCC(N(C)C)C2)ncc1CNC(C)C. The summed E-state index contributed by atoms with van der Waals surface area (Å²) >= 11 is 0. The maximum absolute atomic E-state index is 4.68. The lowest BCUT2D eigenvalue weighted by Crippen LogP contribution is -2.32. The molecule has 1 aromatic rings. The van der Waals surface area contributed by atoms with Crippen LogP contribution in [0.5, 0.6) is 0 Å². The molecule has 1 saturated heterocycles. The monoisotopic (exact) mass is 277 g/mol. The Balaban J connectivity index is 2.02. The molecule has 1 aromatic heterocycles. The molecule has 0 radical (unpaired) electrons. The summed E-state index contributed by atoms with van der Waals surface area (Å²) in [6.45, 7) is 9.28. The van der Waals surface area contributed by atoms with Crippen molar-refractivity contribution >= 4 is 5.95 Å². The van der Waals surface area contributed by atoms with E-state index >= 15 is 0 Å². The van der Waals surface area contributed by atoms with E-state index in [1.165, 1.54) is 12.0 Å². The first-order valence-electron chi connectivity index (χ1n) is 7.44. The average Bonchev–Trinajstić information content (AvgIpc) is 2.86. The summed E-state index contributed by atoms with van der Waals surface area (Å²) in [7, 11) is 4.28. The van der Waals surface area contributed by atoms with Gasteiger partial charge in [0.1, 0.15) is 0 Å². The molecule has 0 saturated carbocycles. The highest BCUT2D eigenvalue weighted by Crippen LogP contribution is 2.19. The van der Waals surface area contributed by atoms with Crippen LogP contribution < -0.4 is 10.2 Å². The van der Waals surface area contributed by atoms with E-state index in [0.29, 0.717) is 12.1 Å². The summed E-state index contributed by atoms with van der Waals surface area (Å²) in [5, 5.41) is 3.41. The van der Waals surface area contributed by atoms with Crippen LogP contribution in [0.2, 0.25) is 0 Å². The first kappa shape index (κ1) is 15.2. The van der Waals surface area contributed by atoms with Crippen LogP contribution in [0.1, 0.15) is 31.5 Å². The van der Waals surface area contributed by atoms with Gasteiger partial charge in [0.25, 0.3) is 0 Å². The van der Waals surface area contributed by atoms with Gasteiger partial charge < -0.3 is 15.1 Å². The molecule has 1 fully saturated rings. The Morgan fingerprint density at radius 3 is 2.75 bits per heavy atom. The minimum Gasteiger partial charge on any atom is -0.339 e. The van der Waals surface area contributed by atoms with Gasteiger partial charge in [-0.1, -0.05) is 13.8 Å². The van der Waals surface area contributed by atoms with Crippen LogP contribution in [0.4, 0.5) is 5.95 Å². The summed E-state index contributed by atoms with van der Waals surface area (Å²) < 4.78 is 0. The summed E-state index contributed by atoms with van der Waals surface area (Å²) in [6, 6.07) is 1.09. The van der Waals surface area contributed by atoms with E-state index in [1.54, 1.807) is 0 Å².